The molecule has 0 aliphatic heterocycles. The van der Waals surface area contributed by atoms with Crippen molar-refractivity contribution in [1.29, 1.82) is 0 Å². The number of para-hydroxylation sites is 4. The quantitative estimate of drug-likeness (QED) is 0.0961. The van der Waals surface area contributed by atoms with E-state index in [1.54, 1.807) is 0 Å². The monoisotopic (exact) mass is 612 g/mol. The molecule has 0 aliphatic carbocycles. The van der Waals surface area contributed by atoms with E-state index in [-0.39, 0.29) is 0 Å². The van der Waals surface area contributed by atoms with Crippen molar-refractivity contribution in [3.05, 3.63) is 84.9 Å². The molecule has 0 aliphatic rings. The van der Waals surface area contributed by atoms with Gasteiger partial charge < -0.3 is 9.13 Å². The van der Waals surface area contributed by atoms with Gasteiger partial charge in [0.2, 0.25) is 0 Å². The molecule has 0 N–H and O–H groups in total. The Morgan fingerprint density at radius 1 is 0.391 bits per heavy atom. The summed E-state index contributed by atoms with van der Waals surface area (Å²) in [6.07, 6.45) is 15.2. The van der Waals surface area contributed by atoms with Gasteiger partial charge in [-0.1, -0.05) is 114 Å². The molecule has 0 amide bonds. The van der Waals surface area contributed by atoms with Crippen LogP contribution in [0.3, 0.4) is 0 Å². The zero-order valence-corrected chi connectivity index (χ0v) is 27.7. The van der Waals surface area contributed by atoms with Gasteiger partial charge in [-0.15, -0.1) is 0 Å². The minimum Gasteiger partial charge on any atom is -0.323 e. The summed E-state index contributed by atoms with van der Waals surface area (Å²) in [5, 5.41) is 0. The fourth-order valence-corrected chi connectivity index (χ4v) is 6.50. The second-order valence-corrected chi connectivity index (χ2v) is 12.5. The highest BCUT2D eigenvalue weighted by Crippen LogP contribution is 2.29. The summed E-state index contributed by atoms with van der Waals surface area (Å²) in [6, 6.07) is 29.3. The maximum Gasteiger partial charge on any atom is 0.159 e. The summed E-state index contributed by atoms with van der Waals surface area (Å²) < 4.78 is 4.71. The summed E-state index contributed by atoms with van der Waals surface area (Å²) in [5.41, 5.74) is 7.81. The molecule has 6 nitrogen and oxygen atoms in total. The first-order chi connectivity index (χ1) is 22.8. The average Bonchev–Trinajstić information content (AvgIpc) is 3.66. The van der Waals surface area contributed by atoms with Crippen molar-refractivity contribution in [3.63, 3.8) is 0 Å². The van der Waals surface area contributed by atoms with Crippen molar-refractivity contribution < 1.29 is 0 Å². The molecule has 6 heteroatoms. The Labute approximate surface area is 274 Å². The summed E-state index contributed by atoms with van der Waals surface area (Å²) in [6.45, 7) is 6.42. The third kappa shape index (κ3) is 7.38. The van der Waals surface area contributed by atoms with Gasteiger partial charge in [0.1, 0.15) is 11.4 Å². The maximum atomic E-state index is 5.15. The summed E-state index contributed by atoms with van der Waals surface area (Å²) in [4.78, 5) is 20.4. The van der Waals surface area contributed by atoms with Gasteiger partial charge in [-0.05, 0) is 61.4 Å². The topological polar surface area (TPSA) is 61.4 Å². The first-order valence-corrected chi connectivity index (χ1v) is 17.6. The lowest BCUT2D eigenvalue weighted by atomic mass is 10.1. The number of aryl methyl sites for hydroxylation is 2. The van der Waals surface area contributed by atoms with Gasteiger partial charge in [0.15, 0.2) is 11.6 Å². The van der Waals surface area contributed by atoms with Gasteiger partial charge in [0.05, 0.1) is 33.5 Å². The Morgan fingerprint density at radius 3 is 1.24 bits per heavy atom. The normalized spacial score (nSPS) is 11.6. The second-order valence-electron chi connectivity index (χ2n) is 12.5. The van der Waals surface area contributed by atoms with Gasteiger partial charge in [0.25, 0.3) is 0 Å². The Bertz CT molecular complexity index is 1710. The van der Waals surface area contributed by atoms with Crippen LogP contribution in [-0.2, 0) is 13.1 Å². The predicted octanol–water partition coefficient (Wildman–Crippen LogP) is 10.9. The van der Waals surface area contributed by atoms with E-state index < -0.39 is 0 Å². The first-order valence-electron chi connectivity index (χ1n) is 17.6. The van der Waals surface area contributed by atoms with Crippen LogP contribution < -0.4 is 0 Å². The SMILES string of the molecule is CCCCCCCCn1c(-c2cccc(-c3cccc(-c4nc5ccccc5n4CCCCCCCC)n3)n2)nc2ccccc21. The lowest BCUT2D eigenvalue weighted by Crippen LogP contribution is -2.03. The minimum atomic E-state index is 0.844. The molecule has 0 unspecified atom stereocenters. The smallest absolute Gasteiger partial charge is 0.159 e. The number of pyridine rings is 2. The van der Waals surface area contributed by atoms with Crippen LogP contribution in [-0.4, -0.2) is 29.1 Å². The summed E-state index contributed by atoms with van der Waals surface area (Å²) in [5.74, 6) is 1.85. The van der Waals surface area contributed by atoms with E-state index >= 15 is 0 Å². The molecule has 0 bridgehead atoms. The molecule has 6 aromatic rings. The fraction of sp³-hybridized carbons (Fsp3) is 0.400. The molecule has 0 saturated carbocycles. The summed E-state index contributed by atoms with van der Waals surface area (Å²) in [7, 11) is 0. The van der Waals surface area contributed by atoms with Gasteiger partial charge in [0, 0.05) is 13.1 Å². The van der Waals surface area contributed by atoms with Gasteiger partial charge in [-0.3, -0.25) is 0 Å². The number of nitrogens with zero attached hydrogens (tertiary/aromatic N) is 6. The highest BCUT2D eigenvalue weighted by atomic mass is 15.1. The molecule has 46 heavy (non-hydrogen) atoms. The molecular formula is C40H48N6. The zero-order chi connectivity index (χ0) is 31.6. The molecule has 0 saturated heterocycles. The van der Waals surface area contributed by atoms with E-state index in [1.807, 2.05) is 0 Å². The third-order valence-electron chi connectivity index (χ3n) is 9.00. The third-order valence-corrected chi connectivity index (χ3v) is 9.00. The van der Waals surface area contributed by atoms with Crippen LogP contribution in [0.25, 0.3) is 56.5 Å². The number of imidazole rings is 2. The molecule has 2 aromatic carbocycles. The highest BCUT2D eigenvalue weighted by molar-refractivity contribution is 5.81. The van der Waals surface area contributed by atoms with Gasteiger partial charge in [-0.25, -0.2) is 19.9 Å². The Kier molecular flexibility index (Phi) is 10.9. The number of aromatic nitrogens is 6. The zero-order valence-electron chi connectivity index (χ0n) is 27.7. The lowest BCUT2D eigenvalue weighted by Gasteiger charge is -2.11. The molecular weight excluding hydrogens is 564 g/mol. The molecule has 0 atom stereocenters. The van der Waals surface area contributed by atoms with Crippen molar-refractivity contribution in [2.75, 3.05) is 0 Å². The fourth-order valence-electron chi connectivity index (χ4n) is 6.50. The van der Waals surface area contributed by atoms with Crippen molar-refractivity contribution in [2.45, 2.75) is 104 Å². The van der Waals surface area contributed by atoms with E-state index in [2.05, 4.69) is 108 Å². The highest BCUT2D eigenvalue weighted by Gasteiger charge is 2.17. The minimum absolute atomic E-state index is 0.844. The number of benzene rings is 2. The number of hydrogen-bond acceptors (Lipinski definition) is 4. The van der Waals surface area contributed by atoms with Crippen molar-refractivity contribution in [1.82, 2.24) is 29.1 Å². The van der Waals surface area contributed by atoms with Gasteiger partial charge in [-0.2, -0.15) is 0 Å². The van der Waals surface area contributed by atoms with Crippen LogP contribution in [0.1, 0.15) is 90.9 Å². The van der Waals surface area contributed by atoms with Crippen molar-refractivity contribution >= 4 is 22.1 Å². The van der Waals surface area contributed by atoms with Crippen molar-refractivity contribution in [2.24, 2.45) is 0 Å². The number of unbranched alkanes of at least 4 members (excludes halogenated alkanes) is 10. The molecule has 238 valence electrons. The molecule has 0 spiro atoms. The van der Waals surface area contributed by atoms with E-state index in [4.69, 9.17) is 19.9 Å². The molecule has 0 radical (unpaired) electrons. The van der Waals surface area contributed by atoms with Crippen LogP contribution in [0, 0.1) is 0 Å². The lowest BCUT2D eigenvalue weighted by molar-refractivity contribution is 0.566. The van der Waals surface area contributed by atoms with Crippen LogP contribution in [0.2, 0.25) is 0 Å². The van der Waals surface area contributed by atoms with Crippen LogP contribution in [0.15, 0.2) is 84.9 Å². The number of hydrogen-bond donors (Lipinski definition) is 0. The Morgan fingerprint density at radius 2 is 0.783 bits per heavy atom. The van der Waals surface area contributed by atoms with E-state index in [1.165, 1.54) is 75.2 Å². The molecule has 4 heterocycles. The van der Waals surface area contributed by atoms with Crippen LogP contribution in [0.4, 0.5) is 0 Å². The molecule has 6 rings (SSSR count). The number of fused-ring (bicyclic) bond motifs is 2. The average molecular weight is 613 g/mol. The Balaban J connectivity index is 1.28. The standard InChI is InChI=1S/C40H48N6/c1-3-5-7-9-11-17-29-45-37-27-15-13-21-33(37)43-39(45)35-25-19-23-31(41-35)32-24-20-26-36(42-32)40-44-34-22-14-16-28-38(34)46(40)30-18-12-10-8-6-4-2/h13-16,19-28H,3-12,17-18,29-30H2,1-2H3. The maximum absolute atomic E-state index is 5.15. The predicted molar refractivity (Wildman–Crippen MR) is 192 cm³/mol. The van der Waals surface area contributed by atoms with E-state index in [0.717, 1.165) is 71.4 Å². The largest absolute Gasteiger partial charge is 0.323 e. The molecule has 4 aromatic heterocycles. The van der Waals surface area contributed by atoms with Crippen LogP contribution >= 0.6 is 0 Å². The van der Waals surface area contributed by atoms with Crippen LogP contribution in [0.5, 0.6) is 0 Å². The second kappa shape index (κ2) is 15.8. The van der Waals surface area contributed by atoms with E-state index in [0.29, 0.717) is 0 Å². The van der Waals surface area contributed by atoms with Crippen molar-refractivity contribution in [3.8, 4) is 34.4 Å². The van der Waals surface area contributed by atoms with Gasteiger partial charge >= 0.3 is 0 Å². The Hall–Kier alpha value is -4.32. The first kappa shape index (κ1) is 31.7. The van der Waals surface area contributed by atoms with E-state index in [9.17, 15) is 0 Å². The number of rotatable bonds is 17. The molecule has 0 fully saturated rings. The summed E-state index contributed by atoms with van der Waals surface area (Å²) >= 11 is 0.